The van der Waals surface area contributed by atoms with Gasteiger partial charge in [-0.3, -0.25) is 4.79 Å². The number of furan rings is 1. The summed E-state index contributed by atoms with van der Waals surface area (Å²) in [6, 6.07) is 11.3. The van der Waals surface area contributed by atoms with E-state index in [-0.39, 0.29) is 23.9 Å². The molecular formula is C21H25N3O4. The van der Waals surface area contributed by atoms with E-state index in [1.165, 1.54) is 0 Å². The second-order valence-corrected chi connectivity index (χ2v) is 7.24. The molecule has 1 aromatic heterocycles. The molecule has 2 aliphatic rings. The summed E-state index contributed by atoms with van der Waals surface area (Å²) in [5.74, 6) is 1.57. The molecule has 28 heavy (non-hydrogen) atoms. The maximum absolute atomic E-state index is 12.8. The van der Waals surface area contributed by atoms with E-state index in [2.05, 4.69) is 10.6 Å². The summed E-state index contributed by atoms with van der Waals surface area (Å²) < 4.78 is 10.9. The maximum Gasteiger partial charge on any atom is 0.317 e. The van der Waals surface area contributed by atoms with E-state index in [0.717, 1.165) is 23.5 Å². The predicted molar refractivity (Wildman–Crippen MR) is 103 cm³/mol. The van der Waals surface area contributed by atoms with Gasteiger partial charge in [-0.1, -0.05) is 18.2 Å². The lowest BCUT2D eigenvalue weighted by Gasteiger charge is -2.33. The minimum absolute atomic E-state index is 0.00734. The number of hydrogen-bond donors (Lipinski definition) is 2. The lowest BCUT2D eigenvalue weighted by atomic mass is 9.94. The molecule has 0 saturated carbocycles. The number of nitrogens with one attached hydrogen (secondary N) is 2. The zero-order chi connectivity index (χ0) is 19.3. The van der Waals surface area contributed by atoms with Gasteiger partial charge in [-0.25, -0.2) is 4.79 Å². The second-order valence-electron chi connectivity index (χ2n) is 7.24. The summed E-state index contributed by atoms with van der Waals surface area (Å²) in [5.41, 5.74) is 1.04. The van der Waals surface area contributed by atoms with Gasteiger partial charge in [0.15, 0.2) is 0 Å². The number of ether oxygens (including phenoxy) is 1. The van der Waals surface area contributed by atoms with Gasteiger partial charge >= 0.3 is 6.03 Å². The Balaban J connectivity index is 1.26. The molecule has 1 fully saturated rings. The first-order valence-corrected chi connectivity index (χ1v) is 9.78. The molecule has 1 saturated heterocycles. The zero-order valence-corrected chi connectivity index (χ0v) is 15.7. The molecule has 2 aliphatic heterocycles. The molecule has 0 unspecified atom stereocenters. The van der Waals surface area contributed by atoms with E-state index in [4.69, 9.17) is 9.15 Å². The zero-order valence-electron chi connectivity index (χ0n) is 15.7. The predicted octanol–water partition coefficient (Wildman–Crippen LogP) is 2.84. The lowest BCUT2D eigenvalue weighted by molar-refractivity contribution is -0.127. The molecule has 1 aromatic carbocycles. The summed E-state index contributed by atoms with van der Waals surface area (Å²) in [7, 11) is 0. The van der Waals surface area contributed by atoms with E-state index in [0.29, 0.717) is 39.1 Å². The fraction of sp³-hybridized carbons (Fsp3) is 0.429. The molecule has 7 heteroatoms. The molecule has 1 atom stereocenters. The van der Waals surface area contributed by atoms with Crippen LogP contribution in [-0.2, 0) is 11.3 Å². The minimum Gasteiger partial charge on any atom is -0.493 e. The van der Waals surface area contributed by atoms with Gasteiger partial charge in [0.25, 0.3) is 0 Å². The van der Waals surface area contributed by atoms with Crippen LogP contribution in [0.3, 0.4) is 0 Å². The molecule has 0 bridgehead atoms. The Bertz CT molecular complexity index is 813. The fourth-order valence-electron chi connectivity index (χ4n) is 3.81. The Morgan fingerprint density at radius 2 is 1.89 bits per heavy atom. The van der Waals surface area contributed by atoms with Gasteiger partial charge in [-0.15, -0.1) is 0 Å². The van der Waals surface area contributed by atoms with E-state index in [9.17, 15) is 9.59 Å². The Morgan fingerprint density at radius 1 is 1.07 bits per heavy atom. The van der Waals surface area contributed by atoms with Crippen LogP contribution < -0.4 is 15.4 Å². The molecule has 4 rings (SSSR count). The van der Waals surface area contributed by atoms with E-state index in [1.807, 2.05) is 30.3 Å². The Labute approximate surface area is 164 Å². The largest absolute Gasteiger partial charge is 0.493 e. The second kappa shape index (κ2) is 8.37. The van der Waals surface area contributed by atoms with E-state index in [1.54, 1.807) is 17.2 Å². The molecule has 0 spiro atoms. The number of fused-ring (bicyclic) bond motifs is 1. The van der Waals surface area contributed by atoms with Gasteiger partial charge in [-0.05, 0) is 31.0 Å². The number of likely N-dealkylation sites (tertiary alicyclic amines) is 1. The minimum atomic E-state index is -0.117. The topological polar surface area (TPSA) is 83.8 Å². The normalized spacial score (nSPS) is 19.4. The highest BCUT2D eigenvalue weighted by Crippen LogP contribution is 2.32. The molecular weight excluding hydrogens is 358 g/mol. The van der Waals surface area contributed by atoms with Crippen molar-refractivity contribution in [2.75, 3.05) is 19.7 Å². The first-order valence-electron chi connectivity index (χ1n) is 9.78. The highest BCUT2D eigenvalue weighted by molar-refractivity contribution is 5.80. The fourth-order valence-corrected chi connectivity index (χ4v) is 3.81. The molecule has 3 amide bonds. The lowest BCUT2D eigenvalue weighted by Crippen LogP contribution is -2.47. The molecule has 3 heterocycles. The Kier molecular flexibility index (Phi) is 5.50. The third-order valence-corrected chi connectivity index (χ3v) is 5.42. The van der Waals surface area contributed by atoms with Crippen LogP contribution in [0.2, 0.25) is 0 Å². The number of carbonyl (C=O) groups excluding carboxylic acids is 2. The quantitative estimate of drug-likeness (QED) is 0.850. The number of urea groups is 1. The van der Waals surface area contributed by atoms with Gasteiger partial charge in [0.2, 0.25) is 5.91 Å². The van der Waals surface area contributed by atoms with Crippen LogP contribution in [0.15, 0.2) is 47.1 Å². The van der Waals surface area contributed by atoms with Gasteiger partial charge in [-0.2, -0.15) is 0 Å². The number of para-hydroxylation sites is 1. The number of amides is 3. The Morgan fingerprint density at radius 3 is 2.68 bits per heavy atom. The van der Waals surface area contributed by atoms with Crippen LogP contribution in [0.1, 0.15) is 36.6 Å². The molecule has 0 radical (unpaired) electrons. The summed E-state index contributed by atoms with van der Waals surface area (Å²) >= 11 is 0. The van der Waals surface area contributed by atoms with Crippen LogP contribution in [0.4, 0.5) is 4.79 Å². The Hall–Kier alpha value is -2.96. The van der Waals surface area contributed by atoms with Crippen molar-refractivity contribution in [2.24, 2.45) is 5.92 Å². The van der Waals surface area contributed by atoms with Crippen LogP contribution >= 0.6 is 0 Å². The van der Waals surface area contributed by atoms with Crippen molar-refractivity contribution in [3.63, 3.8) is 0 Å². The average molecular weight is 383 g/mol. The third-order valence-electron chi connectivity index (χ3n) is 5.42. The monoisotopic (exact) mass is 383 g/mol. The summed E-state index contributed by atoms with van der Waals surface area (Å²) in [6.45, 7) is 2.13. The van der Waals surface area contributed by atoms with Gasteiger partial charge < -0.3 is 24.7 Å². The van der Waals surface area contributed by atoms with E-state index >= 15 is 0 Å². The number of piperidine rings is 1. The molecule has 0 aliphatic carbocycles. The first kappa shape index (κ1) is 18.4. The first-order chi connectivity index (χ1) is 13.7. The summed E-state index contributed by atoms with van der Waals surface area (Å²) in [4.78, 5) is 26.8. The van der Waals surface area contributed by atoms with Crippen LogP contribution in [0.5, 0.6) is 5.75 Å². The van der Waals surface area contributed by atoms with Gasteiger partial charge in [0.1, 0.15) is 11.5 Å². The third kappa shape index (κ3) is 4.13. The van der Waals surface area contributed by atoms with Crippen molar-refractivity contribution in [3.8, 4) is 5.75 Å². The van der Waals surface area contributed by atoms with Crippen molar-refractivity contribution in [2.45, 2.75) is 31.8 Å². The van der Waals surface area contributed by atoms with Crippen molar-refractivity contribution < 1.29 is 18.7 Å². The maximum atomic E-state index is 12.8. The van der Waals surface area contributed by atoms with Crippen LogP contribution in [0, 0.1) is 5.92 Å². The van der Waals surface area contributed by atoms with E-state index < -0.39 is 0 Å². The number of nitrogens with zero attached hydrogens (tertiary/aromatic N) is 1. The number of hydrogen-bond acceptors (Lipinski definition) is 4. The average Bonchev–Trinajstić information content (AvgIpc) is 3.26. The standard InChI is InChI=1S/C21H25N3O4/c25-20(23-18-9-13-28-19-6-2-1-5-17(18)19)15-7-10-24(11-8-15)21(26)22-14-16-4-3-12-27-16/h1-6,12,15,18H,7-11,13-14H2,(H,22,26)(H,23,25)/t18-/m0/s1. The van der Waals surface area contributed by atoms with Gasteiger partial charge in [0, 0.05) is 31.0 Å². The van der Waals surface area contributed by atoms with Crippen molar-refractivity contribution in [3.05, 3.63) is 54.0 Å². The summed E-state index contributed by atoms with van der Waals surface area (Å²) in [6.07, 6.45) is 3.70. The highest BCUT2D eigenvalue weighted by atomic mass is 16.5. The smallest absolute Gasteiger partial charge is 0.317 e. The highest BCUT2D eigenvalue weighted by Gasteiger charge is 2.30. The van der Waals surface area contributed by atoms with Crippen LogP contribution in [-0.4, -0.2) is 36.5 Å². The number of rotatable bonds is 4. The SMILES string of the molecule is O=C(N[C@H]1CCOc2ccccc21)C1CCN(C(=O)NCc2ccco2)CC1. The van der Waals surface area contributed by atoms with Gasteiger partial charge in [0.05, 0.1) is 25.5 Å². The molecule has 7 nitrogen and oxygen atoms in total. The van der Waals surface area contributed by atoms with Crippen molar-refractivity contribution in [1.29, 1.82) is 0 Å². The van der Waals surface area contributed by atoms with Crippen molar-refractivity contribution >= 4 is 11.9 Å². The van der Waals surface area contributed by atoms with Crippen molar-refractivity contribution in [1.82, 2.24) is 15.5 Å². The molecule has 2 aromatic rings. The number of benzene rings is 1. The molecule has 148 valence electrons. The molecule has 2 N–H and O–H groups in total. The van der Waals surface area contributed by atoms with Crippen LogP contribution in [0.25, 0.3) is 0 Å². The number of carbonyl (C=O) groups is 2. The summed E-state index contributed by atoms with van der Waals surface area (Å²) in [5, 5.41) is 6.04.